The third-order valence-corrected chi connectivity index (χ3v) is 11.0. The second kappa shape index (κ2) is 11.5. The second-order valence-electron chi connectivity index (χ2n) is 15.1. The Hall–Kier alpha value is -5.48. The first-order valence-electron chi connectivity index (χ1n) is 17.9. The van der Waals surface area contributed by atoms with Gasteiger partial charge in [-0.15, -0.1) is 0 Å². The van der Waals surface area contributed by atoms with E-state index >= 15 is 0 Å². The first-order chi connectivity index (χ1) is 24.4. The number of carbonyl (C=O) groups is 2. The topological polar surface area (TPSA) is 52.6 Å². The lowest BCUT2D eigenvalue weighted by Crippen LogP contribution is -2.36. The molecule has 0 N–H and O–H groups in total. The van der Waals surface area contributed by atoms with Crippen LogP contribution in [-0.4, -0.2) is 11.9 Å². The molecule has 8 rings (SSSR count). The molecule has 0 bridgehead atoms. The highest BCUT2D eigenvalue weighted by atomic mass is 16.6. The molecule has 2 aliphatic rings. The average Bonchev–Trinajstić information content (AvgIpc) is 3.56. The van der Waals surface area contributed by atoms with Crippen molar-refractivity contribution in [3.8, 4) is 33.4 Å². The van der Waals surface area contributed by atoms with Crippen LogP contribution in [0.4, 0.5) is 0 Å². The molecule has 2 unspecified atom stereocenters. The summed E-state index contributed by atoms with van der Waals surface area (Å²) in [5.41, 5.74) is 8.38. The van der Waals surface area contributed by atoms with Crippen molar-refractivity contribution < 1.29 is 19.1 Å². The van der Waals surface area contributed by atoms with Gasteiger partial charge in [-0.05, 0) is 120 Å². The Balaban J connectivity index is 1.30. The average molecular weight is 671 g/mol. The molecule has 0 fully saturated rings. The van der Waals surface area contributed by atoms with Crippen LogP contribution in [0.2, 0.25) is 0 Å². The van der Waals surface area contributed by atoms with E-state index in [1.807, 2.05) is 32.9 Å². The summed E-state index contributed by atoms with van der Waals surface area (Å²) in [6.45, 7) is 15.4. The predicted molar refractivity (Wildman–Crippen MR) is 206 cm³/mol. The third-order valence-electron chi connectivity index (χ3n) is 11.0. The van der Waals surface area contributed by atoms with Gasteiger partial charge < -0.3 is 9.47 Å². The number of benzene rings is 6. The molecule has 0 spiro atoms. The van der Waals surface area contributed by atoms with Crippen molar-refractivity contribution in [2.75, 3.05) is 0 Å². The molecule has 0 radical (unpaired) electrons. The van der Waals surface area contributed by atoms with Crippen LogP contribution in [0.1, 0.15) is 76.6 Å². The van der Waals surface area contributed by atoms with Crippen LogP contribution in [0.25, 0.3) is 54.9 Å². The van der Waals surface area contributed by atoms with Crippen LogP contribution in [0, 0.1) is 5.41 Å². The van der Waals surface area contributed by atoms with E-state index in [4.69, 9.17) is 9.47 Å². The van der Waals surface area contributed by atoms with Gasteiger partial charge in [0.25, 0.3) is 0 Å². The van der Waals surface area contributed by atoms with Crippen molar-refractivity contribution in [2.45, 2.75) is 65.6 Å². The van der Waals surface area contributed by atoms with Gasteiger partial charge in [-0.25, -0.2) is 4.79 Å². The summed E-state index contributed by atoms with van der Waals surface area (Å²) >= 11 is 0. The van der Waals surface area contributed by atoms with Crippen molar-refractivity contribution in [1.82, 2.24) is 0 Å². The molecule has 2 aliphatic carbocycles. The fourth-order valence-electron chi connectivity index (χ4n) is 8.25. The van der Waals surface area contributed by atoms with Gasteiger partial charge in [-0.1, -0.05) is 105 Å². The summed E-state index contributed by atoms with van der Waals surface area (Å²) in [6.07, 6.45) is 1.19. The summed E-state index contributed by atoms with van der Waals surface area (Å²) in [7, 11) is 0. The molecule has 4 nitrogen and oxygen atoms in total. The molecule has 0 heterocycles. The summed E-state index contributed by atoms with van der Waals surface area (Å²) in [4.78, 5) is 26.7. The molecular formula is C47H42O4. The Morgan fingerprint density at radius 2 is 1.25 bits per heavy atom. The maximum absolute atomic E-state index is 13.7. The number of ether oxygens (including phenoxy) is 2. The van der Waals surface area contributed by atoms with E-state index in [-0.39, 0.29) is 5.97 Å². The van der Waals surface area contributed by atoms with E-state index in [1.165, 1.54) is 0 Å². The lowest BCUT2D eigenvalue weighted by molar-refractivity contribution is -0.166. The van der Waals surface area contributed by atoms with Gasteiger partial charge in [-0.2, -0.15) is 0 Å². The van der Waals surface area contributed by atoms with Crippen LogP contribution >= 0.6 is 0 Å². The van der Waals surface area contributed by atoms with Crippen molar-refractivity contribution in [3.63, 3.8) is 0 Å². The van der Waals surface area contributed by atoms with Gasteiger partial charge in [-0.3, -0.25) is 4.79 Å². The predicted octanol–water partition coefficient (Wildman–Crippen LogP) is 11.6. The largest absolute Gasteiger partial charge is 0.449 e. The first-order valence-corrected chi connectivity index (χ1v) is 17.9. The van der Waals surface area contributed by atoms with Crippen LogP contribution < -0.4 is 0 Å². The number of esters is 2. The summed E-state index contributed by atoms with van der Waals surface area (Å²) < 4.78 is 13.0. The number of carbonyl (C=O) groups excluding carboxylic acids is 2. The van der Waals surface area contributed by atoms with Gasteiger partial charge in [0, 0.05) is 27.8 Å². The highest BCUT2D eigenvalue weighted by molar-refractivity contribution is 6.03. The molecule has 254 valence electrons. The molecule has 4 heteroatoms. The molecule has 0 saturated carbocycles. The second-order valence-corrected chi connectivity index (χ2v) is 15.1. The molecule has 0 amide bonds. The van der Waals surface area contributed by atoms with Crippen LogP contribution in [0.3, 0.4) is 0 Å². The molecule has 0 aliphatic heterocycles. The normalized spacial score (nSPS) is 18.5. The molecule has 51 heavy (non-hydrogen) atoms. The summed E-state index contributed by atoms with van der Waals surface area (Å²) in [5, 5.41) is 4.46. The zero-order valence-corrected chi connectivity index (χ0v) is 30.1. The minimum absolute atomic E-state index is 0.228. The smallest absolute Gasteiger partial charge is 0.334 e. The van der Waals surface area contributed by atoms with Crippen LogP contribution in [0.15, 0.2) is 121 Å². The van der Waals surface area contributed by atoms with Gasteiger partial charge >= 0.3 is 11.9 Å². The summed E-state index contributed by atoms with van der Waals surface area (Å²) in [5.74, 6) is -0.624. The zero-order chi connectivity index (χ0) is 35.9. The van der Waals surface area contributed by atoms with Crippen molar-refractivity contribution in [1.29, 1.82) is 0 Å². The summed E-state index contributed by atoms with van der Waals surface area (Å²) in [6, 6.07) is 38.5. The van der Waals surface area contributed by atoms with Crippen molar-refractivity contribution >= 4 is 33.5 Å². The van der Waals surface area contributed by atoms with E-state index in [0.717, 1.165) is 77.2 Å². The molecule has 6 aromatic carbocycles. The lowest BCUT2D eigenvalue weighted by atomic mass is 9.85. The zero-order valence-electron chi connectivity index (χ0n) is 30.1. The molecule has 2 atom stereocenters. The molecular weight excluding hydrogens is 629 g/mol. The molecule has 6 aromatic rings. The Bertz CT molecular complexity index is 2460. The van der Waals surface area contributed by atoms with E-state index in [0.29, 0.717) is 18.4 Å². The van der Waals surface area contributed by atoms with Gasteiger partial charge in [0.1, 0.15) is 0 Å². The fourth-order valence-corrected chi connectivity index (χ4v) is 8.25. The van der Waals surface area contributed by atoms with Crippen molar-refractivity contribution in [3.05, 3.63) is 144 Å². The number of fused-ring (bicyclic) bond motifs is 9. The van der Waals surface area contributed by atoms with Crippen LogP contribution in [0.5, 0.6) is 0 Å². The lowest BCUT2D eigenvalue weighted by Gasteiger charge is -2.34. The maximum atomic E-state index is 13.7. The van der Waals surface area contributed by atoms with Gasteiger partial charge in [0.05, 0.1) is 5.41 Å². The SMILES string of the molecule is C=C(C)C(=O)OC1(CC)c2ccccc2-c2cc3ccc(-c4ccc5c(c4)C(CC)(OC(=O)C(C)(C)C)c4ccc6ccccc6c4-5)cc3cc21. The molecule has 0 aromatic heterocycles. The van der Waals surface area contributed by atoms with Gasteiger partial charge in [0.15, 0.2) is 11.2 Å². The Morgan fingerprint density at radius 1 is 0.608 bits per heavy atom. The van der Waals surface area contributed by atoms with E-state index in [9.17, 15) is 9.59 Å². The standard InChI is InChI=1S/C47H42O4/c1-8-46(50-43(48)28(3)4)38-17-13-12-16-35(38)37-25-31-19-18-30(24-33(31)27-41(37)46)32-20-22-36-40(26-32)47(9-2,51-44(49)45(5,6)7)39-23-21-29-14-10-11-15-34(29)42(36)39/h10-27H,3,8-9H2,1-2,4-7H3. The highest BCUT2D eigenvalue weighted by Crippen LogP contribution is 2.56. The molecule has 0 saturated heterocycles. The van der Waals surface area contributed by atoms with E-state index in [2.05, 4.69) is 117 Å². The fraction of sp³-hybridized carbons (Fsp3) is 0.234. The van der Waals surface area contributed by atoms with Gasteiger partial charge in [0.2, 0.25) is 0 Å². The Kier molecular flexibility index (Phi) is 7.39. The number of hydrogen-bond donors (Lipinski definition) is 0. The Labute approximate surface area is 299 Å². The monoisotopic (exact) mass is 670 g/mol. The maximum Gasteiger partial charge on any atom is 0.334 e. The highest BCUT2D eigenvalue weighted by Gasteiger charge is 2.48. The Morgan fingerprint density at radius 3 is 2.00 bits per heavy atom. The third kappa shape index (κ3) is 4.80. The minimum atomic E-state index is -0.924. The number of rotatable bonds is 6. The minimum Gasteiger partial charge on any atom is -0.449 e. The van der Waals surface area contributed by atoms with E-state index in [1.54, 1.807) is 6.92 Å². The van der Waals surface area contributed by atoms with E-state index < -0.39 is 22.6 Å². The quantitative estimate of drug-likeness (QED) is 0.131. The van der Waals surface area contributed by atoms with Crippen LogP contribution in [-0.2, 0) is 30.3 Å². The van der Waals surface area contributed by atoms with Crippen molar-refractivity contribution in [2.24, 2.45) is 5.41 Å². The first kappa shape index (κ1) is 32.7. The number of hydrogen-bond acceptors (Lipinski definition) is 4.